The maximum absolute atomic E-state index is 14.1. The Hall–Kier alpha value is -2.54. The van der Waals surface area contributed by atoms with Crippen LogP contribution < -0.4 is 0 Å². The summed E-state index contributed by atoms with van der Waals surface area (Å²) in [5, 5.41) is 14.4. The molecule has 1 aliphatic rings. The molecule has 0 aromatic heterocycles. The molecule has 1 amide bonds. The molecule has 2 aromatic carbocycles. The minimum atomic E-state index is -1.05. The molecular weight excluding hydrogens is 403 g/mol. The predicted molar refractivity (Wildman–Crippen MR) is 98.2 cm³/mol. The third kappa shape index (κ3) is 3.99. The molecule has 26 heavy (non-hydrogen) atoms. The van der Waals surface area contributed by atoms with E-state index in [1.165, 1.54) is 11.1 Å². The van der Waals surface area contributed by atoms with Gasteiger partial charge in [0.2, 0.25) is 5.91 Å². The van der Waals surface area contributed by atoms with Crippen molar-refractivity contribution in [2.24, 2.45) is 5.10 Å². The molecule has 1 N–H and O–H groups in total. The maximum Gasteiger partial charge on any atom is 0.303 e. The summed E-state index contributed by atoms with van der Waals surface area (Å²) >= 11 is 3.37. The Morgan fingerprint density at radius 2 is 1.85 bits per heavy atom. The molecule has 134 valence electrons. The Morgan fingerprint density at radius 1 is 1.15 bits per heavy atom. The number of carboxylic acid groups (broad SMARTS) is 1. The summed E-state index contributed by atoms with van der Waals surface area (Å²) in [4.78, 5) is 23.3. The number of benzene rings is 2. The average Bonchev–Trinajstić information content (AvgIpc) is 3.06. The van der Waals surface area contributed by atoms with E-state index in [2.05, 4.69) is 21.0 Å². The van der Waals surface area contributed by atoms with E-state index in [4.69, 9.17) is 5.11 Å². The number of rotatable bonds is 5. The van der Waals surface area contributed by atoms with Crippen molar-refractivity contribution in [3.63, 3.8) is 0 Å². The van der Waals surface area contributed by atoms with Crippen LogP contribution in [0.3, 0.4) is 0 Å². The van der Waals surface area contributed by atoms with Crippen LogP contribution in [0.25, 0.3) is 0 Å². The van der Waals surface area contributed by atoms with Gasteiger partial charge in [-0.25, -0.2) is 9.40 Å². The highest BCUT2D eigenvalue weighted by atomic mass is 79.9. The van der Waals surface area contributed by atoms with Gasteiger partial charge in [-0.05, 0) is 23.8 Å². The van der Waals surface area contributed by atoms with Crippen LogP contribution in [0.1, 0.15) is 36.4 Å². The largest absolute Gasteiger partial charge is 0.481 e. The molecule has 0 aliphatic carbocycles. The number of carboxylic acids is 1. The zero-order valence-electron chi connectivity index (χ0n) is 13.7. The van der Waals surface area contributed by atoms with Gasteiger partial charge >= 0.3 is 5.97 Å². The van der Waals surface area contributed by atoms with Crippen molar-refractivity contribution >= 4 is 33.5 Å². The van der Waals surface area contributed by atoms with Crippen molar-refractivity contribution < 1.29 is 19.1 Å². The Kier molecular flexibility index (Phi) is 5.46. The van der Waals surface area contributed by atoms with E-state index in [-0.39, 0.29) is 18.9 Å². The first-order valence-corrected chi connectivity index (χ1v) is 8.86. The first-order valence-electron chi connectivity index (χ1n) is 8.07. The summed E-state index contributed by atoms with van der Waals surface area (Å²) in [6.45, 7) is 0. The number of carbonyl (C=O) groups is 2. The summed E-state index contributed by atoms with van der Waals surface area (Å²) in [6.07, 6.45) is -0.0647. The summed E-state index contributed by atoms with van der Waals surface area (Å²) in [5.41, 5.74) is 1.68. The number of carbonyl (C=O) groups excluding carboxylic acids is 1. The monoisotopic (exact) mass is 418 g/mol. The maximum atomic E-state index is 14.1. The zero-order chi connectivity index (χ0) is 18.7. The molecule has 1 heterocycles. The second-order valence-corrected chi connectivity index (χ2v) is 6.85. The third-order valence-electron chi connectivity index (χ3n) is 4.16. The minimum Gasteiger partial charge on any atom is -0.481 e. The van der Waals surface area contributed by atoms with Gasteiger partial charge in [0.25, 0.3) is 0 Å². The van der Waals surface area contributed by atoms with Crippen LogP contribution in [0.5, 0.6) is 0 Å². The molecule has 0 bridgehead atoms. The molecule has 1 aliphatic heterocycles. The minimum absolute atomic E-state index is 0.156. The number of halogens is 2. The molecule has 2 aromatic rings. The van der Waals surface area contributed by atoms with Gasteiger partial charge < -0.3 is 5.11 Å². The van der Waals surface area contributed by atoms with Crippen LogP contribution in [0, 0.1) is 5.82 Å². The Bertz CT molecular complexity index is 867. The SMILES string of the molecule is O=C(O)CCC(=O)N1N=C(c2ccccc2F)CC1c1ccc(Br)cc1. The highest BCUT2D eigenvalue weighted by molar-refractivity contribution is 9.10. The molecule has 3 rings (SSSR count). The van der Waals surface area contributed by atoms with Crippen molar-refractivity contribution in [2.45, 2.75) is 25.3 Å². The van der Waals surface area contributed by atoms with E-state index in [9.17, 15) is 14.0 Å². The number of nitrogens with zero attached hydrogens (tertiary/aromatic N) is 2. The van der Waals surface area contributed by atoms with E-state index in [0.29, 0.717) is 17.7 Å². The van der Waals surface area contributed by atoms with Gasteiger partial charge in [-0.15, -0.1) is 0 Å². The summed E-state index contributed by atoms with van der Waals surface area (Å²) < 4.78 is 15.0. The van der Waals surface area contributed by atoms with E-state index >= 15 is 0 Å². The fourth-order valence-electron chi connectivity index (χ4n) is 2.87. The Balaban J connectivity index is 1.93. The van der Waals surface area contributed by atoms with E-state index < -0.39 is 17.7 Å². The van der Waals surface area contributed by atoms with Crippen molar-refractivity contribution in [1.29, 1.82) is 0 Å². The van der Waals surface area contributed by atoms with Crippen LogP contribution in [0.2, 0.25) is 0 Å². The fraction of sp³-hybridized carbons (Fsp3) is 0.211. The van der Waals surface area contributed by atoms with Crippen LogP contribution in [-0.2, 0) is 9.59 Å². The Morgan fingerprint density at radius 3 is 2.50 bits per heavy atom. The third-order valence-corrected chi connectivity index (χ3v) is 4.69. The van der Waals surface area contributed by atoms with E-state index in [1.54, 1.807) is 18.2 Å². The van der Waals surface area contributed by atoms with Crippen molar-refractivity contribution in [3.8, 4) is 0 Å². The molecule has 0 saturated carbocycles. The number of hydrogen-bond acceptors (Lipinski definition) is 3. The average molecular weight is 419 g/mol. The normalized spacial score (nSPS) is 16.5. The molecule has 5 nitrogen and oxygen atoms in total. The van der Waals surface area contributed by atoms with Crippen LogP contribution in [0.15, 0.2) is 58.1 Å². The lowest BCUT2D eigenvalue weighted by atomic mass is 9.98. The van der Waals surface area contributed by atoms with Gasteiger partial charge in [-0.1, -0.05) is 46.3 Å². The molecule has 0 radical (unpaired) electrons. The van der Waals surface area contributed by atoms with Gasteiger partial charge in [0.1, 0.15) is 5.82 Å². The zero-order valence-corrected chi connectivity index (χ0v) is 15.3. The first kappa shape index (κ1) is 18.3. The summed E-state index contributed by atoms with van der Waals surface area (Å²) in [7, 11) is 0. The highest BCUT2D eigenvalue weighted by Crippen LogP contribution is 2.34. The van der Waals surface area contributed by atoms with Crippen LogP contribution in [-0.4, -0.2) is 27.7 Å². The van der Waals surface area contributed by atoms with Gasteiger partial charge in [-0.2, -0.15) is 5.10 Å². The standard InChI is InChI=1S/C19H16BrFN2O3/c20-13-7-5-12(6-8-13)17-11-16(14-3-1-2-4-15(14)21)22-23(17)18(24)9-10-19(25)26/h1-8,17H,9-11H2,(H,25,26). The first-order chi connectivity index (χ1) is 12.5. The highest BCUT2D eigenvalue weighted by Gasteiger charge is 2.33. The number of hydrogen-bond donors (Lipinski definition) is 1. The molecule has 1 atom stereocenters. The number of aliphatic carboxylic acids is 1. The van der Waals surface area contributed by atoms with E-state index in [0.717, 1.165) is 10.0 Å². The smallest absolute Gasteiger partial charge is 0.303 e. The molecular formula is C19H16BrFN2O3. The number of hydrazone groups is 1. The summed E-state index contributed by atoms with van der Waals surface area (Å²) in [6, 6.07) is 13.3. The van der Waals surface area contributed by atoms with Crippen LogP contribution >= 0.6 is 15.9 Å². The molecule has 1 unspecified atom stereocenters. The fourth-order valence-corrected chi connectivity index (χ4v) is 3.14. The second kappa shape index (κ2) is 7.78. The molecule has 0 spiro atoms. The molecule has 0 fully saturated rings. The lowest BCUT2D eigenvalue weighted by molar-refractivity contribution is -0.141. The van der Waals surface area contributed by atoms with Gasteiger partial charge in [-0.3, -0.25) is 9.59 Å². The predicted octanol–water partition coefficient (Wildman–Crippen LogP) is 4.13. The van der Waals surface area contributed by atoms with Gasteiger partial charge in [0.15, 0.2) is 0 Å². The van der Waals surface area contributed by atoms with Crippen molar-refractivity contribution in [2.75, 3.05) is 0 Å². The summed E-state index contributed by atoms with van der Waals surface area (Å²) in [5.74, 6) is -1.84. The van der Waals surface area contributed by atoms with Crippen molar-refractivity contribution in [3.05, 3.63) is 69.9 Å². The quantitative estimate of drug-likeness (QED) is 0.793. The van der Waals surface area contributed by atoms with E-state index in [1.807, 2.05) is 24.3 Å². The lowest BCUT2D eigenvalue weighted by Gasteiger charge is -2.22. The Labute approximate surface area is 158 Å². The van der Waals surface area contributed by atoms with Gasteiger partial charge in [0.05, 0.1) is 18.2 Å². The number of amides is 1. The van der Waals surface area contributed by atoms with Crippen molar-refractivity contribution in [1.82, 2.24) is 5.01 Å². The van der Waals surface area contributed by atoms with Crippen LogP contribution in [0.4, 0.5) is 4.39 Å². The molecule has 7 heteroatoms. The topological polar surface area (TPSA) is 70.0 Å². The molecule has 0 saturated heterocycles. The van der Waals surface area contributed by atoms with Gasteiger partial charge in [0, 0.05) is 22.9 Å². The lowest BCUT2D eigenvalue weighted by Crippen LogP contribution is -2.27. The second-order valence-electron chi connectivity index (χ2n) is 5.93.